The van der Waals surface area contributed by atoms with Crippen LogP contribution in [-0.4, -0.2) is 25.6 Å². The summed E-state index contributed by atoms with van der Waals surface area (Å²) in [6.07, 6.45) is 4.13. The molecule has 1 aromatic carbocycles. The van der Waals surface area contributed by atoms with Crippen molar-refractivity contribution < 1.29 is 9.18 Å². The van der Waals surface area contributed by atoms with E-state index in [2.05, 4.69) is 15.4 Å². The molecule has 26 heavy (non-hydrogen) atoms. The van der Waals surface area contributed by atoms with Crippen LogP contribution in [0.4, 0.5) is 10.2 Å². The lowest BCUT2D eigenvalue weighted by atomic mass is 10.0. The monoisotopic (exact) mass is 349 g/mol. The predicted octanol–water partition coefficient (Wildman–Crippen LogP) is 3.42. The van der Waals surface area contributed by atoms with Gasteiger partial charge in [-0.05, 0) is 43.3 Å². The molecule has 0 radical (unpaired) electrons. The summed E-state index contributed by atoms with van der Waals surface area (Å²) >= 11 is 0. The van der Waals surface area contributed by atoms with Gasteiger partial charge in [0.05, 0.1) is 6.20 Å². The Bertz CT molecular complexity index is 1110. The van der Waals surface area contributed by atoms with E-state index < -0.39 is 0 Å². The number of fused-ring (bicyclic) bond motifs is 1. The van der Waals surface area contributed by atoms with Gasteiger partial charge in [0, 0.05) is 35.6 Å². The first-order valence-electron chi connectivity index (χ1n) is 8.05. The standard InChI is InChI=1S/C19H16FN5O/c1-12-18(19(23-24(12)2)13-3-6-15(20)7-4-13)14-5-8-16-21-9-17(22-11-26)25(16)10-14/h3-11H,1-2H3,(H,22,26). The zero-order valence-electron chi connectivity index (χ0n) is 14.3. The smallest absolute Gasteiger partial charge is 0.212 e. The lowest BCUT2D eigenvalue weighted by Gasteiger charge is -2.07. The highest BCUT2D eigenvalue weighted by atomic mass is 19.1. The van der Waals surface area contributed by atoms with Crippen LogP contribution in [-0.2, 0) is 11.8 Å². The molecule has 6 nitrogen and oxygen atoms in total. The van der Waals surface area contributed by atoms with Crippen LogP contribution in [0.2, 0.25) is 0 Å². The molecule has 1 amide bonds. The van der Waals surface area contributed by atoms with Crippen molar-refractivity contribution in [1.82, 2.24) is 19.2 Å². The van der Waals surface area contributed by atoms with Gasteiger partial charge in [-0.15, -0.1) is 0 Å². The van der Waals surface area contributed by atoms with Crippen molar-refractivity contribution in [3.8, 4) is 22.4 Å². The second-order valence-electron chi connectivity index (χ2n) is 5.99. The third-order valence-corrected chi connectivity index (χ3v) is 4.45. The Morgan fingerprint density at radius 2 is 1.85 bits per heavy atom. The highest BCUT2D eigenvalue weighted by Gasteiger charge is 2.17. The maximum Gasteiger partial charge on any atom is 0.212 e. The minimum Gasteiger partial charge on any atom is -0.313 e. The zero-order chi connectivity index (χ0) is 18.3. The number of nitrogens with one attached hydrogen (secondary N) is 1. The van der Waals surface area contributed by atoms with Crippen molar-refractivity contribution in [1.29, 1.82) is 0 Å². The fourth-order valence-electron chi connectivity index (χ4n) is 3.06. The number of hydrogen-bond acceptors (Lipinski definition) is 3. The maximum atomic E-state index is 13.3. The van der Waals surface area contributed by atoms with Crippen molar-refractivity contribution >= 4 is 17.9 Å². The molecular formula is C19H16FN5O. The number of amides is 1. The SMILES string of the molecule is Cc1c(-c2ccc3ncc(NC=O)n3c2)c(-c2ccc(F)cc2)nn1C. The molecule has 0 bridgehead atoms. The Morgan fingerprint density at radius 1 is 1.12 bits per heavy atom. The molecule has 130 valence electrons. The number of anilines is 1. The summed E-state index contributed by atoms with van der Waals surface area (Å²) in [5.41, 5.74) is 5.19. The van der Waals surface area contributed by atoms with Gasteiger partial charge in [0.25, 0.3) is 0 Å². The van der Waals surface area contributed by atoms with Gasteiger partial charge in [-0.1, -0.05) is 0 Å². The van der Waals surface area contributed by atoms with Crippen molar-refractivity contribution in [2.24, 2.45) is 7.05 Å². The van der Waals surface area contributed by atoms with Crippen LogP contribution in [0.1, 0.15) is 5.69 Å². The molecular weight excluding hydrogens is 333 g/mol. The third-order valence-electron chi connectivity index (χ3n) is 4.45. The second kappa shape index (κ2) is 6.11. The summed E-state index contributed by atoms with van der Waals surface area (Å²) in [5, 5.41) is 7.25. The van der Waals surface area contributed by atoms with Crippen LogP contribution in [0.25, 0.3) is 28.0 Å². The molecule has 4 aromatic rings. The van der Waals surface area contributed by atoms with E-state index in [0.717, 1.165) is 33.7 Å². The summed E-state index contributed by atoms with van der Waals surface area (Å²) in [4.78, 5) is 15.1. The molecule has 0 spiro atoms. The van der Waals surface area contributed by atoms with Crippen LogP contribution < -0.4 is 5.32 Å². The summed E-state index contributed by atoms with van der Waals surface area (Å²) in [6, 6.07) is 10.1. The average Bonchev–Trinajstić information content (AvgIpc) is 3.17. The van der Waals surface area contributed by atoms with Crippen molar-refractivity contribution in [2.75, 3.05) is 5.32 Å². The number of pyridine rings is 1. The first kappa shape index (κ1) is 16.0. The van der Waals surface area contributed by atoms with Crippen molar-refractivity contribution in [2.45, 2.75) is 6.92 Å². The first-order valence-corrected chi connectivity index (χ1v) is 8.05. The quantitative estimate of drug-likeness (QED) is 0.574. The number of aromatic nitrogens is 4. The summed E-state index contributed by atoms with van der Waals surface area (Å²) < 4.78 is 16.9. The first-order chi connectivity index (χ1) is 12.6. The van der Waals surface area contributed by atoms with Crippen LogP contribution in [0.3, 0.4) is 0 Å². The van der Waals surface area contributed by atoms with Crippen LogP contribution >= 0.6 is 0 Å². The molecule has 0 saturated heterocycles. The van der Waals surface area contributed by atoms with Gasteiger partial charge in [0.15, 0.2) is 0 Å². The number of benzene rings is 1. The molecule has 3 aromatic heterocycles. The third kappa shape index (κ3) is 2.54. The Kier molecular flexibility index (Phi) is 3.76. The molecule has 0 unspecified atom stereocenters. The number of hydrogen-bond donors (Lipinski definition) is 1. The largest absolute Gasteiger partial charge is 0.313 e. The fraction of sp³-hybridized carbons (Fsp3) is 0.105. The second-order valence-corrected chi connectivity index (χ2v) is 5.99. The summed E-state index contributed by atoms with van der Waals surface area (Å²) in [7, 11) is 1.88. The number of aryl methyl sites for hydroxylation is 1. The number of imidazole rings is 1. The molecule has 0 fully saturated rings. The normalized spacial score (nSPS) is 11.0. The molecule has 3 heterocycles. The molecule has 0 aliphatic heterocycles. The highest BCUT2D eigenvalue weighted by molar-refractivity contribution is 5.83. The minimum atomic E-state index is -0.285. The summed E-state index contributed by atoms with van der Waals surface area (Å²) in [5.74, 6) is 0.300. The molecule has 1 N–H and O–H groups in total. The van der Waals surface area contributed by atoms with Gasteiger partial charge >= 0.3 is 0 Å². The predicted molar refractivity (Wildman–Crippen MR) is 97.2 cm³/mol. The topological polar surface area (TPSA) is 64.2 Å². The van der Waals surface area contributed by atoms with Gasteiger partial charge in [-0.3, -0.25) is 13.9 Å². The molecule has 4 rings (SSSR count). The van der Waals surface area contributed by atoms with Gasteiger partial charge in [-0.2, -0.15) is 5.10 Å². The van der Waals surface area contributed by atoms with Crippen molar-refractivity contribution in [3.63, 3.8) is 0 Å². The molecule has 0 aliphatic rings. The van der Waals surface area contributed by atoms with Crippen LogP contribution in [0.5, 0.6) is 0 Å². The molecule has 0 atom stereocenters. The van der Waals surface area contributed by atoms with E-state index >= 15 is 0 Å². The van der Waals surface area contributed by atoms with E-state index in [9.17, 15) is 9.18 Å². The van der Waals surface area contributed by atoms with Gasteiger partial charge in [-0.25, -0.2) is 9.37 Å². The van der Waals surface area contributed by atoms with Gasteiger partial charge in [0.1, 0.15) is 23.0 Å². The zero-order valence-corrected chi connectivity index (χ0v) is 14.3. The van der Waals surface area contributed by atoms with E-state index in [0.29, 0.717) is 12.2 Å². The number of carbonyl (C=O) groups excluding carboxylic acids is 1. The minimum absolute atomic E-state index is 0.285. The van der Waals surface area contributed by atoms with Crippen molar-refractivity contribution in [3.05, 3.63) is 60.3 Å². The van der Waals surface area contributed by atoms with Gasteiger partial charge in [0.2, 0.25) is 6.41 Å². The van der Waals surface area contributed by atoms with Crippen LogP contribution in [0, 0.1) is 12.7 Å². The fourth-order valence-corrected chi connectivity index (χ4v) is 3.06. The van der Waals surface area contributed by atoms with Gasteiger partial charge < -0.3 is 5.32 Å². The molecule has 0 aliphatic carbocycles. The lowest BCUT2D eigenvalue weighted by Crippen LogP contribution is -1.98. The van der Waals surface area contributed by atoms with E-state index in [1.54, 1.807) is 23.0 Å². The maximum absolute atomic E-state index is 13.3. The summed E-state index contributed by atoms with van der Waals surface area (Å²) in [6.45, 7) is 1.98. The Morgan fingerprint density at radius 3 is 2.58 bits per heavy atom. The van der Waals surface area contributed by atoms with E-state index in [1.165, 1.54) is 12.1 Å². The van der Waals surface area contributed by atoms with E-state index in [4.69, 9.17) is 0 Å². The van der Waals surface area contributed by atoms with E-state index in [1.807, 2.05) is 36.7 Å². The number of nitrogens with zero attached hydrogens (tertiary/aromatic N) is 4. The molecule has 0 saturated carbocycles. The highest BCUT2D eigenvalue weighted by Crippen LogP contribution is 2.34. The molecule has 7 heteroatoms. The lowest BCUT2D eigenvalue weighted by molar-refractivity contribution is -0.105. The number of carbonyl (C=O) groups is 1. The number of rotatable bonds is 4. The van der Waals surface area contributed by atoms with E-state index in [-0.39, 0.29) is 5.82 Å². The number of halogens is 1. The van der Waals surface area contributed by atoms with Crippen LogP contribution in [0.15, 0.2) is 48.8 Å². The Hall–Kier alpha value is -3.48. The average molecular weight is 349 g/mol. The Balaban J connectivity index is 1.92. The Labute approximate surface area is 148 Å².